The van der Waals surface area contributed by atoms with E-state index in [1.165, 1.54) is 22.1 Å². The first-order chi connectivity index (χ1) is 19.4. The van der Waals surface area contributed by atoms with E-state index in [-0.39, 0.29) is 35.3 Å². The molecular weight excluding hydrogens is 546 g/mol. The van der Waals surface area contributed by atoms with Crippen LogP contribution in [0.2, 0.25) is 0 Å². The van der Waals surface area contributed by atoms with Gasteiger partial charge in [-0.05, 0) is 37.1 Å². The number of pyridine rings is 1. The molecule has 5 aromatic rings. The maximum Gasteiger partial charge on any atom is 0.278 e. The molecule has 4 aromatic heterocycles. The Labute approximate surface area is 236 Å². The summed E-state index contributed by atoms with van der Waals surface area (Å²) < 4.78 is 3.53. The lowest BCUT2D eigenvalue weighted by atomic mass is 10.1. The number of carbonyl (C=O) groups is 2. The first-order valence-electron chi connectivity index (χ1n) is 13.0. The smallest absolute Gasteiger partial charge is 0.278 e. The van der Waals surface area contributed by atoms with Crippen molar-refractivity contribution in [1.82, 2.24) is 24.8 Å². The number of amides is 2. The zero-order valence-corrected chi connectivity index (χ0v) is 23.1. The maximum absolute atomic E-state index is 13.5. The highest BCUT2D eigenvalue weighted by Crippen LogP contribution is 2.50. The number of nitrogens with zero attached hydrogens (tertiary/aromatic N) is 4. The van der Waals surface area contributed by atoms with Crippen molar-refractivity contribution in [3.8, 4) is 0 Å². The lowest BCUT2D eigenvalue weighted by Crippen LogP contribution is -2.36. The van der Waals surface area contributed by atoms with E-state index in [0.29, 0.717) is 31.0 Å². The van der Waals surface area contributed by atoms with E-state index in [4.69, 9.17) is 5.73 Å². The molecule has 1 aromatic carbocycles. The number of hydrogen-bond donors (Lipinski definition) is 3. The zero-order valence-electron chi connectivity index (χ0n) is 21.5. The van der Waals surface area contributed by atoms with Crippen molar-refractivity contribution in [2.24, 2.45) is 5.92 Å². The fourth-order valence-electron chi connectivity index (χ4n) is 5.42. The third-order valence-corrected chi connectivity index (χ3v) is 9.84. The normalized spacial score (nSPS) is 21.4. The summed E-state index contributed by atoms with van der Waals surface area (Å²) in [5.41, 5.74) is 6.39. The largest absolute Gasteiger partial charge is 0.384 e. The fourth-order valence-corrected chi connectivity index (χ4v) is 7.59. The Hall–Kier alpha value is -4.16. The highest BCUT2D eigenvalue weighted by atomic mass is 32.1. The molecule has 1 saturated carbocycles. The van der Waals surface area contributed by atoms with Crippen LogP contribution in [-0.2, 0) is 16.1 Å². The van der Waals surface area contributed by atoms with Gasteiger partial charge in [0, 0.05) is 38.9 Å². The number of nitrogens with two attached hydrogens (primary N) is 1. The third-order valence-electron chi connectivity index (χ3n) is 7.58. The molecule has 0 unspecified atom stereocenters. The van der Waals surface area contributed by atoms with Crippen molar-refractivity contribution in [3.63, 3.8) is 0 Å². The molecule has 12 heteroatoms. The van der Waals surface area contributed by atoms with Crippen molar-refractivity contribution in [3.05, 3.63) is 74.9 Å². The summed E-state index contributed by atoms with van der Waals surface area (Å²) in [5.74, 6) is 0.237. The molecule has 0 bridgehead atoms. The molecule has 0 saturated heterocycles. The van der Waals surface area contributed by atoms with E-state index in [1.54, 1.807) is 17.5 Å². The molecular formula is C28H25N7O3S2. The van der Waals surface area contributed by atoms with Crippen molar-refractivity contribution in [2.75, 3.05) is 11.1 Å². The van der Waals surface area contributed by atoms with Gasteiger partial charge in [0.05, 0.1) is 28.0 Å². The molecule has 1 aliphatic carbocycles. The zero-order chi connectivity index (χ0) is 27.5. The number of fused-ring (bicyclic) bond motifs is 3. The highest BCUT2D eigenvalue weighted by Gasteiger charge is 2.46. The molecule has 1 aliphatic heterocycles. The Balaban J connectivity index is 1.06. The topological polar surface area (TPSA) is 145 Å². The number of carbonyl (C=O) groups excluding carboxylic acids is 2. The molecule has 4 N–H and O–H groups in total. The predicted molar refractivity (Wildman–Crippen MR) is 156 cm³/mol. The molecule has 0 radical (unpaired) electrons. The highest BCUT2D eigenvalue weighted by molar-refractivity contribution is 7.19. The van der Waals surface area contributed by atoms with Crippen LogP contribution in [0.25, 0.3) is 20.3 Å². The minimum absolute atomic E-state index is 0.0437. The Bertz CT molecular complexity index is 1840. The first-order valence-corrected chi connectivity index (χ1v) is 14.7. The minimum atomic E-state index is -0.704. The summed E-state index contributed by atoms with van der Waals surface area (Å²) in [6.07, 6.45) is 4.27. The van der Waals surface area contributed by atoms with Gasteiger partial charge in [-0.2, -0.15) is 0 Å². The molecule has 0 spiro atoms. The summed E-state index contributed by atoms with van der Waals surface area (Å²) in [4.78, 5) is 54.0. The van der Waals surface area contributed by atoms with Crippen LogP contribution in [0.4, 0.5) is 11.5 Å². The molecule has 1 fully saturated rings. The summed E-state index contributed by atoms with van der Waals surface area (Å²) in [6, 6.07) is 11.0. The lowest BCUT2D eigenvalue weighted by molar-refractivity contribution is -0.124. The number of para-hydroxylation sites is 1. The number of nitrogens with one attached hydrogen (secondary N) is 2. The Morgan fingerprint density at radius 1 is 1.07 bits per heavy atom. The lowest BCUT2D eigenvalue weighted by Gasteiger charge is -2.15. The van der Waals surface area contributed by atoms with E-state index in [1.807, 2.05) is 43.3 Å². The number of hydrogen-bond acceptors (Lipinski definition) is 9. The number of thiophene rings is 1. The predicted octanol–water partition coefficient (Wildman–Crippen LogP) is 4.15. The number of benzene rings is 1. The summed E-state index contributed by atoms with van der Waals surface area (Å²) in [6.45, 7) is 2.27. The van der Waals surface area contributed by atoms with E-state index < -0.39 is 11.6 Å². The third kappa shape index (κ3) is 4.33. The molecule has 202 valence electrons. The monoisotopic (exact) mass is 571 g/mol. The fraction of sp³-hybridized carbons (Fsp3) is 0.286. The van der Waals surface area contributed by atoms with Crippen molar-refractivity contribution in [2.45, 2.75) is 44.2 Å². The second-order valence-corrected chi connectivity index (χ2v) is 12.6. The van der Waals surface area contributed by atoms with Gasteiger partial charge in [0.1, 0.15) is 23.4 Å². The van der Waals surface area contributed by atoms with Crippen molar-refractivity contribution >= 4 is 66.3 Å². The average molecular weight is 572 g/mol. The Morgan fingerprint density at radius 3 is 2.77 bits per heavy atom. The minimum Gasteiger partial charge on any atom is -0.384 e. The summed E-state index contributed by atoms with van der Waals surface area (Å²) >= 11 is 3.14. The number of aromatic nitrogens is 4. The van der Waals surface area contributed by atoms with Crippen molar-refractivity contribution in [1.29, 1.82) is 0 Å². The molecule has 10 nitrogen and oxygen atoms in total. The SMILES string of the molecule is C[C@@H]1C[C@@H](C(=O)NCc2cc3cnc(N)cc3s2)n2c1ncc(NC(=O)[C@H]1C[C@@H]1c1nc3ccccc3s1)c2=O. The Kier molecular flexibility index (Phi) is 5.90. The van der Waals surface area contributed by atoms with Gasteiger partial charge in [-0.1, -0.05) is 19.1 Å². The van der Waals surface area contributed by atoms with E-state index in [2.05, 4.69) is 25.6 Å². The molecule has 5 heterocycles. The first kappa shape index (κ1) is 24.9. The van der Waals surface area contributed by atoms with Crippen LogP contribution in [-0.4, -0.2) is 31.3 Å². The molecule has 7 rings (SSSR count). The van der Waals surface area contributed by atoms with Crippen LogP contribution in [0.1, 0.15) is 53.4 Å². The van der Waals surface area contributed by atoms with Gasteiger partial charge in [-0.25, -0.2) is 15.0 Å². The summed E-state index contributed by atoms with van der Waals surface area (Å²) in [5, 5.41) is 7.65. The van der Waals surface area contributed by atoms with Crippen LogP contribution in [0.5, 0.6) is 0 Å². The second kappa shape index (κ2) is 9.49. The maximum atomic E-state index is 13.5. The van der Waals surface area contributed by atoms with Crippen LogP contribution in [0.3, 0.4) is 0 Å². The Morgan fingerprint density at radius 2 is 1.93 bits per heavy atom. The van der Waals surface area contributed by atoms with Gasteiger partial charge >= 0.3 is 0 Å². The van der Waals surface area contributed by atoms with Gasteiger partial charge in [0.25, 0.3) is 5.56 Å². The number of thiazole rings is 1. The summed E-state index contributed by atoms with van der Waals surface area (Å²) in [7, 11) is 0. The molecule has 2 aliphatic rings. The number of rotatable bonds is 6. The van der Waals surface area contributed by atoms with Crippen LogP contribution < -0.4 is 21.9 Å². The van der Waals surface area contributed by atoms with Crippen LogP contribution in [0, 0.1) is 5.92 Å². The quantitative estimate of drug-likeness (QED) is 0.278. The van der Waals surface area contributed by atoms with Crippen LogP contribution >= 0.6 is 22.7 Å². The standard InChI is InChI=1S/C28H25N7O3S2/c1-13-6-20(26(37)32-11-15-7-14-10-30-23(29)9-22(14)39-15)35-24(13)31-12-19(28(35)38)33-25(36)16-8-17(16)27-34-18-4-2-3-5-21(18)40-27/h2-5,7,9-10,12-13,16-17,20H,6,8,11H2,1H3,(H2,29,30)(H,32,37)(H,33,36)/t13-,16+,17+,20+/m1/s1. The van der Waals surface area contributed by atoms with Gasteiger partial charge in [-0.15, -0.1) is 22.7 Å². The molecule has 4 atom stereocenters. The van der Waals surface area contributed by atoms with E-state index in [9.17, 15) is 14.4 Å². The van der Waals surface area contributed by atoms with E-state index >= 15 is 0 Å². The van der Waals surface area contributed by atoms with Crippen LogP contribution in [0.15, 0.2) is 53.6 Å². The molecule has 40 heavy (non-hydrogen) atoms. The van der Waals surface area contributed by atoms with Gasteiger partial charge in [0.2, 0.25) is 11.8 Å². The second-order valence-electron chi connectivity index (χ2n) is 10.4. The van der Waals surface area contributed by atoms with E-state index in [0.717, 1.165) is 30.2 Å². The van der Waals surface area contributed by atoms with Crippen molar-refractivity contribution < 1.29 is 9.59 Å². The van der Waals surface area contributed by atoms with Gasteiger partial charge in [-0.3, -0.25) is 19.0 Å². The number of nitrogen functional groups attached to an aromatic ring is 1. The van der Waals surface area contributed by atoms with Gasteiger partial charge < -0.3 is 16.4 Å². The average Bonchev–Trinajstić information content (AvgIpc) is 3.28. The molecule has 2 amide bonds. The number of anilines is 2. The van der Waals surface area contributed by atoms with Gasteiger partial charge in [0.15, 0.2) is 0 Å².